The summed E-state index contributed by atoms with van der Waals surface area (Å²) < 4.78 is 33.6. The van der Waals surface area contributed by atoms with Crippen molar-refractivity contribution in [2.45, 2.75) is 6.04 Å². The van der Waals surface area contributed by atoms with Gasteiger partial charge >= 0.3 is 5.91 Å². The Hall–Kier alpha value is -3.89. The lowest BCUT2D eigenvalue weighted by molar-refractivity contribution is -0.132. The second-order valence-corrected chi connectivity index (χ2v) is 8.92. The van der Waals surface area contributed by atoms with Crippen molar-refractivity contribution < 1.29 is 28.2 Å². The topological polar surface area (TPSA) is 92.6 Å². The van der Waals surface area contributed by atoms with Crippen molar-refractivity contribution in [3.05, 3.63) is 88.2 Å². The quantitative estimate of drug-likeness (QED) is 0.227. The Bertz CT molecular complexity index is 1500. The molecule has 0 aliphatic carbocycles. The van der Waals surface area contributed by atoms with Crippen molar-refractivity contribution in [2.75, 3.05) is 12.0 Å². The largest absolute Gasteiger partial charge is 0.507 e. The number of carbonyl (C=O) groups is 2. The number of pyridine rings is 1. The Labute approximate surface area is 205 Å². The molecule has 2 aromatic heterocycles. The van der Waals surface area contributed by atoms with E-state index >= 15 is 0 Å². The molecule has 2 aromatic carbocycles. The maximum absolute atomic E-state index is 14.0. The zero-order valence-corrected chi connectivity index (χ0v) is 19.4. The minimum atomic E-state index is -1.19. The Morgan fingerprint density at radius 2 is 1.97 bits per heavy atom. The predicted octanol–water partition coefficient (Wildman–Crippen LogP) is 5.26. The van der Waals surface area contributed by atoms with Crippen LogP contribution in [0.1, 0.15) is 17.3 Å². The second-order valence-electron chi connectivity index (χ2n) is 7.50. The third-order valence-corrected chi connectivity index (χ3v) is 6.76. The fraction of sp³-hybridized carbons (Fsp3) is 0.0833. The maximum Gasteiger partial charge on any atom is 0.301 e. The summed E-state index contributed by atoms with van der Waals surface area (Å²) in [4.78, 5) is 36.2. The van der Waals surface area contributed by atoms with Gasteiger partial charge in [-0.25, -0.2) is 13.8 Å². The van der Waals surface area contributed by atoms with Crippen LogP contribution in [0.4, 0.5) is 13.9 Å². The number of carbonyl (C=O) groups excluding carboxylic acids is 2. The summed E-state index contributed by atoms with van der Waals surface area (Å²) in [7, 11) is 1.32. The molecule has 0 spiro atoms. The van der Waals surface area contributed by atoms with Gasteiger partial charge in [-0.1, -0.05) is 29.0 Å². The van der Waals surface area contributed by atoms with Crippen LogP contribution in [-0.4, -0.2) is 33.9 Å². The van der Waals surface area contributed by atoms with Crippen molar-refractivity contribution in [2.24, 2.45) is 0 Å². The molecule has 1 aliphatic rings. The van der Waals surface area contributed by atoms with E-state index in [9.17, 15) is 23.5 Å². The minimum Gasteiger partial charge on any atom is -0.507 e. The molecule has 1 unspecified atom stereocenters. The number of methoxy groups -OCH3 is 1. The Kier molecular flexibility index (Phi) is 5.70. The van der Waals surface area contributed by atoms with E-state index in [1.807, 2.05) is 0 Å². The summed E-state index contributed by atoms with van der Waals surface area (Å²) in [5.74, 6) is -3.87. The number of halogens is 3. The number of fused-ring (bicyclic) bond motifs is 1. The third-order valence-electron chi connectivity index (χ3n) is 5.45. The standard InChI is InChI=1S/C24H14ClF2N3O4S/c1-34-17-6-5-11(26)8-12(17)21(31)19-20(15-4-2-3-7-28-15)30(23(33)22(19)32)24-29-16-9-13(25)14(27)10-18(16)35-24/h2-10,20,31H,1H3/b21-19+. The summed E-state index contributed by atoms with van der Waals surface area (Å²) in [5, 5.41) is 11.1. The second kappa shape index (κ2) is 8.71. The Morgan fingerprint density at radius 1 is 1.17 bits per heavy atom. The van der Waals surface area contributed by atoms with Crippen LogP contribution in [-0.2, 0) is 9.59 Å². The van der Waals surface area contributed by atoms with Gasteiger partial charge in [0.15, 0.2) is 5.13 Å². The van der Waals surface area contributed by atoms with E-state index in [2.05, 4.69) is 9.97 Å². The van der Waals surface area contributed by atoms with Gasteiger partial charge in [0.05, 0.1) is 39.2 Å². The molecule has 3 heterocycles. The molecule has 0 bridgehead atoms. The Balaban J connectivity index is 1.75. The molecule has 1 N–H and O–H groups in total. The number of hydrogen-bond acceptors (Lipinski definition) is 7. The molecule has 1 amide bonds. The van der Waals surface area contributed by atoms with Crippen molar-refractivity contribution >= 4 is 55.7 Å². The number of ketones is 1. The fourth-order valence-corrected chi connectivity index (χ4v) is 5.03. The van der Waals surface area contributed by atoms with Crippen LogP contribution in [0.25, 0.3) is 16.0 Å². The lowest BCUT2D eigenvalue weighted by Gasteiger charge is -2.22. The normalized spacial score (nSPS) is 17.4. The molecule has 1 fully saturated rings. The number of rotatable bonds is 4. The molecule has 7 nitrogen and oxygen atoms in total. The van der Waals surface area contributed by atoms with Crippen LogP contribution in [0.5, 0.6) is 5.75 Å². The molecule has 5 rings (SSSR count). The monoisotopic (exact) mass is 513 g/mol. The number of thiazole rings is 1. The lowest BCUT2D eigenvalue weighted by atomic mass is 9.98. The molecule has 35 heavy (non-hydrogen) atoms. The smallest absolute Gasteiger partial charge is 0.301 e. The van der Waals surface area contributed by atoms with Crippen LogP contribution in [0.2, 0.25) is 5.02 Å². The van der Waals surface area contributed by atoms with E-state index in [-0.39, 0.29) is 32.7 Å². The molecule has 4 aromatic rings. The van der Waals surface area contributed by atoms with E-state index in [0.29, 0.717) is 10.2 Å². The van der Waals surface area contributed by atoms with Crippen LogP contribution >= 0.6 is 22.9 Å². The first kappa shape index (κ1) is 22.9. The van der Waals surface area contributed by atoms with Gasteiger partial charge in [0.25, 0.3) is 5.78 Å². The zero-order valence-electron chi connectivity index (χ0n) is 17.8. The van der Waals surface area contributed by atoms with E-state index in [1.54, 1.807) is 18.2 Å². The van der Waals surface area contributed by atoms with Crippen molar-refractivity contribution in [1.29, 1.82) is 0 Å². The highest BCUT2D eigenvalue weighted by atomic mass is 35.5. The number of amides is 1. The van der Waals surface area contributed by atoms with Crippen molar-refractivity contribution in [3.63, 3.8) is 0 Å². The number of aromatic nitrogens is 2. The zero-order chi connectivity index (χ0) is 24.9. The lowest BCUT2D eigenvalue weighted by Crippen LogP contribution is -2.29. The first-order chi connectivity index (χ1) is 16.8. The van der Waals surface area contributed by atoms with Crippen LogP contribution < -0.4 is 9.64 Å². The third kappa shape index (κ3) is 3.80. The molecule has 176 valence electrons. The molecule has 1 atom stereocenters. The number of hydrogen-bond donors (Lipinski definition) is 1. The summed E-state index contributed by atoms with van der Waals surface area (Å²) in [6, 6.07) is 9.61. The highest BCUT2D eigenvalue weighted by Crippen LogP contribution is 2.45. The number of aliphatic hydroxyl groups excluding tert-OH is 1. The average Bonchev–Trinajstić information content (AvgIpc) is 3.37. The first-order valence-electron chi connectivity index (χ1n) is 10.1. The number of nitrogens with zero attached hydrogens (tertiary/aromatic N) is 3. The number of aliphatic hydroxyl groups is 1. The van der Waals surface area contributed by atoms with Gasteiger partial charge < -0.3 is 9.84 Å². The van der Waals surface area contributed by atoms with Crippen molar-refractivity contribution in [1.82, 2.24) is 9.97 Å². The van der Waals surface area contributed by atoms with Gasteiger partial charge in [-0.2, -0.15) is 0 Å². The highest BCUT2D eigenvalue weighted by molar-refractivity contribution is 7.22. The van der Waals surface area contributed by atoms with Gasteiger partial charge in [-0.15, -0.1) is 0 Å². The molecule has 1 saturated heterocycles. The van der Waals surface area contributed by atoms with Gasteiger partial charge in [0.2, 0.25) is 0 Å². The van der Waals surface area contributed by atoms with Gasteiger partial charge in [-0.05, 0) is 42.5 Å². The molecule has 0 saturated carbocycles. The van der Waals surface area contributed by atoms with Crippen LogP contribution in [0.15, 0.2) is 60.3 Å². The summed E-state index contributed by atoms with van der Waals surface area (Å²) in [6.45, 7) is 0. The Morgan fingerprint density at radius 3 is 2.69 bits per heavy atom. The predicted molar refractivity (Wildman–Crippen MR) is 127 cm³/mol. The number of benzene rings is 2. The van der Waals surface area contributed by atoms with Gasteiger partial charge in [0, 0.05) is 6.20 Å². The molecule has 1 aliphatic heterocycles. The fourth-order valence-electron chi connectivity index (χ4n) is 3.87. The van der Waals surface area contributed by atoms with Crippen LogP contribution in [0.3, 0.4) is 0 Å². The summed E-state index contributed by atoms with van der Waals surface area (Å²) >= 11 is 6.84. The summed E-state index contributed by atoms with van der Waals surface area (Å²) in [6.07, 6.45) is 1.46. The maximum atomic E-state index is 14.0. The van der Waals surface area contributed by atoms with Crippen molar-refractivity contribution in [3.8, 4) is 5.75 Å². The van der Waals surface area contributed by atoms with E-state index in [1.165, 1.54) is 31.5 Å². The highest BCUT2D eigenvalue weighted by Gasteiger charge is 2.49. The SMILES string of the molecule is COc1ccc(F)cc1/C(O)=C1\C(=O)C(=O)N(c2nc3cc(Cl)c(F)cc3s2)C1c1ccccn1. The van der Waals surface area contributed by atoms with Gasteiger partial charge in [0.1, 0.15) is 29.2 Å². The number of ether oxygens (including phenoxy) is 1. The van der Waals surface area contributed by atoms with E-state index < -0.39 is 35.1 Å². The van der Waals surface area contributed by atoms with Gasteiger partial charge in [-0.3, -0.25) is 19.5 Å². The van der Waals surface area contributed by atoms with E-state index in [0.717, 1.165) is 28.4 Å². The summed E-state index contributed by atoms with van der Waals surface area (Å²) in [5.41, 5.74) is 0.155. The number of Topliss-reactive ketones (excluding diaryl/α,β-unsaturated/α-hetero) is 1. The number of anilines is 1. The van der Waals surface area contributed by atoms with Crippen LogP contribution in [0, 0.1) is 11.6 Å². The van der Waals surface area contributed by atoms with E-state index in [4.69, 9.17) is 16.3 Å². The molecular formula is C24H14ClF2N3O4S. The molecule has 0 radical (unpaired) electrons. The molecule has 11 heteroatoms. The first-order valence-corrected chi connectivity index (χ1v) is 11.3. The minimum absolute atomic E-state index is 0.0738. The average molecular weight is 514 g/mol. The molecular weight excluding hydrogens is 500 g/mol.